The third-order valence-electron chi connectivity index (χ3n) is 7.35. The molecule has 1 N–H and O–H groups in total. The van der Waals surface area contributed by atoms with Crippen LogP contribution in [0.5, 0.6) is 5.75 Å². The van der Waals surface area contributed by atoms with E-state index in [9.17, 15) is 14.4 Å². The van der Waals surface area contributed by atoms with Crippen LogP contribution in [0.2, 0.25) is 0 Å². The third-order valence-corrected chi connectivity index (χ3v) is 8.20. The molecule has 3 fully saturated rings. The molecule has 3 heterocycles. The highest BCUT2D eigenvalue weighted by atomic mass is 32.1. The predicted molar refractivity (Wildman–Crippen MR) is 138 cm³/mol. The van der Waals surface area contributed by atoms with Gasteiger partial charge >= 0.3 is 0 Å². The molecule has 2 atom stereocenters. The second-order valence-electron chi connectivity index (χ2n) is 9.86. The number of carbonyl (C=O) groups is 3. The molecule has 36 heavy (non-hydrogen) atoms. The van der Waals surface area contributed by atoms with Gasteiger partial charge in [0.2, 0.25) is 11.8 Å². The number of amides is 3. The SMILES string of the molecule is COc1cccc(CN(C(=O)c2cccs2)C2CC(C(=O)N3CCCNCC3)N(C(=O)C3CC3)C2)c1. The summed E-state index contributed by atoms with van der Waals surface area (Å²) >= 11 is 1.41. The van der Waals surface area contributed by atoms with Crippen molar-refractivity contribution in [3.63, 3.8) is 0 Å². The Hall–Kier alpha value is -2.91. The Balaban J connectivity index is 1.42. The maximum Gasteiger partial charge on any atom is 0.264 e. The summed E-state index contributed by atoms with van der Waals surface area (Å²) in [5, 5.41) is 5.24. The molecule has 1 aromatic heterocycles. The van der Waals surface area contributed by atoms with Gasteiger partial charge in [-0.15, -0.1) is 11.3 Å². The Morgan fingerprint density at radius 3 is 2.72 bits per heavy atom. The number of hydrogen-bond acceptors (Lipinski definition) is 6. The lowest BCUT2D eigenvalue weighted by Crippen LogP contribution is -2.49. The number of benzene rings is 1. The van der Waals surface area contributed by atoms with Crippen molar-refractivity contribution in [2.24, 2.45) is 5.92 Å². The van der Waals surface area contributed by atoms with Crippen LogP contribution in [0, 0.1) is 5.92 Å². The molecule has 2 unspecified atom stereocenters. The summed E-state index contributed by atoms with van der Waals surface area (Å²) in [6, 6.07) is 10.7. The number of thiophene rings is 1. The first-order valence-electron chi connectivity index (χ1n) is 12.8. The molecular formula is C27H34N4O4S. The summed E-state index contributed by atoms with van der Waals surface area (Å²) in [7, 11) is 1.63. The average molecular weight is 511 g/mol. The Bertz CT molecular complexity index is 1080. The lowest BCUT2D eigenvalue weighted by atomic mass is 10.1. The topological polar surface area (TPSA) is 82.2 Å². The molecule has 2 aliphatic heterocycles. The van der Waals surface area contributed by atoms with E-state index in [4.69, 9.17) is 4.74 Å². The van der Waals surface area contributed by atoms with Crippen LogP contribution in [-0.2, 0) is 16.1 Å². The van der Waals surface area contributed by atoms with Crippen LogP contribution in [0.15, 0.2) is 41.8 Å². The fourth-order valence-electron chi connectivity index (χ4n) is 5.23. The molecule has 1 aromatic carbocycles. The van der Waals surface area contributed by atoms with Crippen molar-refractivity contribution < 1.29 is 19.1 Å². The van der Waals surface area contributed by atoms with Gasteiger partial charge in [0, 0.05) is 38.6 Å². The monoisotopic (exact) mass is 510 g/mol. The van der Waals surface area contributed by atoms with Gasteiger partial charge in [0.05, 0.1) is 18.0 Å². The molecule has 2 saturated heterocycles. The van der Waals surface area contributed by atoms with Crippen molar-refractivity contribution >= 4 is 29.1 Å². The molecule has 9 heteroatoms. The molecule has 1 aliphatic carbocycles. The first-order chi connectivity index (χ1) is 17.5. The number of carbonyl (C=O) groups excluding carboxylic acids is 3. The minimum absolute atomic E-state index is 0.0140. The summed E-state index contributed by atoms with van der Waals surface area (Å²) in [6.07, 6.45) is 3.13. The first-order valence-corrected chi connectivity index (χ1v) is 13.7. The van der Waals surface area contributed by atoms with Crippen LogP contribution in [0.3, 0.4) is 0 Å². The highest BCUT2D eigenvalue weighted by Crippen LogP contribution is 2.36. The zero-order chi connectivity index (χ0) is 25.1. The second kappa shape index (κ2) is 11.0. The van der Waals surface area contributed by atoms with Crippen LogP contribution in [0.4, 0.5) is 0 Å². The predicted octanol–water partition coefficient (Wildman–Crippen LogP) is 2.60. The van der Waals surface area contributed by atoms with Crippen molar-refractivity contribution in [2.45, 2.75) is 44.3 Å². The highest BCUT2D eigenvalue weighted by molar-refractivity contribution is 7.12. The summed E-state index contributed by atoms with van der Waals surface area (Å²) in [5.41, 5.74) is 0.952. The van der Waals surface area contributed by atoms with Gasteiger partial charge in [-0.3, -0.25) is 14.4 Å². The minimum Gasteiger partial charge on any atom is -0.497 e. The van der Waals surface area contributed by atoms with E-state index in [1.807, 2.05) is 51.6 Å². The van der Waals surface area contributed by atoms with Gasteiger partial charge in [-0.25, -0.2) is 0 Å². The van der Waals surface area contributed by atoms with Crippen molar-refractivity contribution in [3.8, 4) is 5.75 Å². The second-order valence-corrected chi connectivity index (χ2v) is 10.8. The third kappa shape index (κ3) is 5.42. The molecule has 1 saturated carbocycles. The van der Waals surface area contributed by atoms with Crippen molar-refractivity contribution in [1.82, 2.24) is 20.0 Å². The van der Waals surface area contributed by atoms with Gasteiger partial charge in [-0.2, -0.15) is 0 Å². The molecule has 8 nitrogen and oxygen atoms in total. The largest absolute Gasteiger partial charge is 0.497 e. The summed E-state index contributed by atoms with van der Waals surface area (Å²) in [6.45, 7) is 3.77. The fraction of sp³-hybridized carbons (Fsp3) is 0.519. The number of nitrogens with zero attached hydrogens (tertiary/aromatic N) is 3. The Labute approximate surface area is 216 Å². The minimum atomic E-state index is -0.523. The van der Waals surface area contributed by atoms with E-state index in [1.165, 1.54) is 11.3 Å². The van der Waals surface area contributed by atoms with E-state index in [1.54, 1.807) is 12.0 Å². The van der Waals surface area contributed by atoms with E-state index >= 15 is 0 Å². The molecule has 3 aliphatic rings. The number of likely N-dealkylation sites (tertiary alicyclic amines) is 1. The zero-order valence-corrected chi connectivity index (χ0v) is 21.5. The van der Waals surface area contributed by atoms with Crippen LogP contribution in [0.25, 0.3) is 0 Å². The smallest absolute Gasteiger partial charge is 0.264 e. The molecule has 0 radical (unpaired) electrons. The van der Waals surface area contributed by atoms with Crippen LogP contribution < -0.4 is 10.1 Å². The first kappa shape index (κ1) is 24.8. The van der Waals surface area contributed by atoms with Gasteiger partial charge in [-0.1, -0.05) is 18.2 Å². The molecule has 192 valence electrons. The van der Waals surface area contributed by atoms with E-state index in [2.05, 4.69) is 5.32 Å². The quantitative estimate of drug-likeness (QED) is 0.619. The number of hydrogen-bond donors (Lipinski definition) is 1. The van der Waals surface area contributed by atoms with Gasteiger partial charge < -0.3 is 24.8 Å². The van der Waals surface area contributed by atoms with E-state index in [0.29, 0.717) is 37.5 Å². The Morgan fingerprint density at radius 1 is 1.11 bits per heavy atom. The van der Waals surface area contributed by atoms with Crippen molar-refractivity contribution in [2.75, 3.05) is 39.8 Å². The summed E-state index contributed by atoms with van der Waals surface area (Å²) in [4.78, 5) is 46.9. The maximum absolute atomic E-state index is 13.7. The summed E-state index contributed by atoms with van der Waals surface area (Å²) < 4.78 is 5.39. The van der Waals surface area contributed by atoms with Gasteiger partial charge in [-0.05, 0) is 61.4 Å². The molecule has 5 rings (SSSR count). The van der Waals surface area contributed by atoms with E-state index < -0.39 is 6.04 Å². The van der Waals surface area contributed by atoms with Crippen molar-refractivity contribution in [3.05, 3.63) is 52.2 Å². The summed E-state index contributed by atoms with van der Waals surface area (Å²) in [5.74, 6) is 0.762. The van der Waals surface area contributed by atoms with Gasteiger partial charge in [0.1, 0.15) is 11.8 Å². The van der Waals surface area contributed by atoms with Crippen LogP contribution in [-0.4, -0.2) is 84.3 Å². The Kier molecular flexibility index (Phi) is 7.57. The average Bonchev–Trinajstić information content (AvgIpc) is 3.53. The normalized spacial score (nSPS) is 22.2. The molecular weight excluding hydrogens is 476 g/mol. The van der Waals surface area contributed by atoms with E-state index in [0.717, 1.165) is 43.7 Å². The van der Waals surface area contributed by atoms with Gasteiger partial charge in [0.15, 0.2) is 0 Å². The van der Waals surface area contributed by atoms with Gasteiger partial charge in [0.25, 0.3) is 5.91 Å². The van der Waals surface area contributed by atoms with Crippen LogP contribution in [0.1, 0.15) is 40.9 Å². The van der Waals surface area contributed by atoms with E-state index in [-0.39, 0.29) is 29.7 Å². The number of ether oxygens (including phenoxy) is 1. The molecule has 2 aromatic rings. The standard InChI is InChI=1S/C27H34N4O4S/c1-35-22-6-2-5-19(15-22)17-30(27(34)24-7-3-14-36-24)21-16-23(31(18-21)25(32)20-8-9-20)26(33)29-12-4-10-28-11-13-29/h2-3,5-7,14-15,20-21,23,28H,4,8-13,16-18H2,1H3. The van der Waals surface area contributed by atoms with Crippen LogP contribution >= 0.6 is 11.3 Å². The molecule has 0 spiro atoms. The lowest BCUT2D eigenvalue weighted by molar-refractivity contribution is -0.144. The highest BCUT2D eigenvalue weighted by Gasteiger charge is 2.47. The number of methoxy groups -OCH3 is 1. The number of nitrogens with one attached hydrogen (secondary N) is 1. The number of rotatable bonds is 7. The Morgan fingerprint density at radius 2 is 1.97 bits per heavy atom. The lowest BCUT2D eigenvalue weighted by Gasteiger charge is -2.29. The fourth-order valence-corrected chi connectivity index (χ4v) is 5.91. The molecule has 0 bridgehead atoms. The molecule has 3 amide bonds. The van der Waals surface area contributed by atoms with Crippen molar-refractivity contribution in [1.29, 1.82) is 0 Å². The zero-order valence-electron chi connectivity index (χ0n) is 20.7. The maximum atomic E-state index is 13.7.